The van der Waals surface area contributed by atoms with Crippen molar-refractivity contribution in [1.82, 2.24) is 9.97 Å². The van der Waals surface area contributed by atoms with E-state index in [9.17, 15) is 9.59 Å². The minimum absolute atomic E-state index is 0.0228. The Hall–Kier alpha value is -4.82. The molecule has 2 N–H and O–H groups in total. The fourth-order valence-electron chi connectivity index (χ4n) is 6.49. The Kier molecular flexibility index (Phi) is 6.35. The number of hydrogen-bond acceptors (Lipinski definition) is 6. The molecule has 1 atom stereocenters. The number of fused-ring (bicyclic) bond motifs is 1. The lowest BCUT2D eigenvalue weighted by molar-refractivity contribution is -0.126. The summed E-state index contributed by atoms with van der Waals surface area (Å²) in [5.74, 6) is 0.358. The molecule has 2 amide bonds. The first-order valence-corrected chi connectivity index (χ1v) is 14.7. The van der Waals surface area contributed by atoms with Gasteiger partial charge in [-0.15, -0.1) is 11.3 Å². The molecular formula is C34H28N4O3S. The lowest BCUT2D eigenvalue weighted by Crippen LogP contribution is -2.47. The summed E-state index contributed by atoms with van der Waals surface area (Å²) in [7, 11) is 1.54. The molecule has 2 aromatic heterocycles. The van der Waals surface area contributed by atoms with Gasteiger partial charge in [-0.3, -0.25) is 9.59 Å². The Morgan fingerprint density at radius 3 is 2.29 bits per heavy atom. The van der Waals surface area contributed by atoms with Crippen LogP contribution >= 0.6 is 11.3 Å². The van der Waals surface area contributed by atoms with Gasteiger partial charge in [0, 0.05) is 34.4 Å². The molecule has 0 radical (unpaired) electrons. The van der Waals surface area contributed by atoms with Crippen LogP contribution in [0, 0.1) is 5.41 Å². The third kappa shape index (κ3) is 4.35. The Balaban J connectivity index is 1.11. The summed E-state index contributed by atoms with van der Waals surface area (Å²) in [6, 6.07) is 27.7. The number of amides is 2. The highest BCUT2D eigenvalue weighted by Crippen LogP contribution is 2.61. The number of carbonyl (C=O) groups is 2. The first kappa shape index (κ1) is 26.1. The van der Waals surface area contributed by atoms with Gasteiger partial charge in [0.1, 0.15) is 0 Å². The number of methoxy groups -OCH3 is 1. The van der Waals surface area contributed by atoms with E-state index in [2.05, 4.69) is 71.1 Å². The van der Waals surface area contributed by atoms with Gasteiger partial charge in [-0.05, 0) is 53.8 Å². The van der Waals surface area contributed by atoms with Gasteiger partial charge in [0.2, 0.25) is 11.8 Å². The van der Waals surface area contributed by atoms with Crippen molar-refractivity contribution in [2.75, 3.05) is 17.7 Å². The normalized spacial score (nSPS) is 19.9. The largest absolute Gasteiger partial charge is 0.481 e. The molecule has 0 saturated carbocycles. The van der Waals surface area contributed by atoms with Crippen molar-refractivity contribution in [3.8, 4) is 17.1 Å². The molecule has 8 heteroatoms. The fraction of sp³-hybridized carbons (Fsp3) is 0.176. The molecule has 7 nitrogen and oxygen atoms in total. The van der Waals surface area contributed by atoms with Gasteiger partial charge in [-0.1, -0.05) is 60.7 Å². The number of thiazole rings is 1. The Labute approximate surface area is 247 Å². The second kappa shape index (κ2) is 10.2. The summed E-state index contributed by atoms with van der Waals surface area (Å²) in [5, 5.41) is 8.44. The van der Waals surface area contributed by atoms with Crippen LogP contribution in [0.1, 0.15) is 57.8 Å². The molecule has 3 aromatic carbocycles. The number of benzene rings is 3. The van der Waals surface area contributed by atoms with Crippen molar-refractivity contribution in [3.05, 3.63) is 124 Å². The van der Waals surface area contributed by atoms with Gasteiger partial charge < -0.3 is 15.4 Å². The van der Waals surface area contributed by atoms with E-state index in [1.807, 2.05) is 17.5 Å². The van der Waals surface area contributed by atoms with Gasteiger partial charge in [-0.2, -0.15) is 0 Å². The first-order chi connectivity index (χ1) is 20.4. The predicted molar refractivity (Wildman–Crippen MR) is 164 cm³/mol. The first-order valence-electron chi connectivity index (χ1n) is 13.8. The van der Waals surface area contributed by atoms with Gasteiger partial charge in [0.15, 0.2) is 5.13 Å². The smallest absolute Gasteiger partial charge is 0.255 e. The average Bonchev–Trinajstić information content (AvgIpc) is 3.50. The summed E-state index contributed by atoms with van der Waals surface area (Å²) < 4.78 is 5.07. The van der Waals surface area contributed by atoms with E-state index in [4.69, 9.17) is 9.72 Å². The second-order valence-corrected chi connectivity index (χ2v) is 11.8. The summed E-state index contributed by atoms with van der Waals surface area (Å²) in [5.41, 5.74) is 7.07. The van der Waals surface area contributed by atoms with E-state index in [1.54, 1.807) is 37.6 Å². The molecule has 3 aliphatic rings. The molecule has 2 heterocycles. The van der Waals surface area contributed by atoms with E-state index in [0.717, 1.165) is 12.0 Å². The molecule has 2 bridgehead atoms. The van der Waals surface area contributed by atoms with Crippen LogP contribution in [0.4, 0.5) is 10.8 Å². The molecule has 8 rings (SSSR count). The van der Waals surface area contributed by atoms with Crippen LogP contribution in [0.25, 0.3) is 11.3 Å². The van der Waals surface area contributed by atoms with Crippen molar-refractivity contribution >= 4 is 34.0 Å². The third-order valence-corrected chi connectivity index (χ3v) is 9.26. The number of aromatic nitrogens is 2. The van der Waals surface area contributed by atoms with Crippen molar-refractivity contribution in [3.63, 3.8) is 0 Å². The molecule has 0 aliphatic heterocycles. The summed E-state index contributed by atoms with van der Waals surface area (Å²) >= 11 is 1.38. The summed E-state index contributed by atoms with van der Waals surface area (Å²) in [6.07, 6.45) is 2.29. The number of nitrogens with zero attached hydrogens (tertiary/aromatic N) is 2. The molecule has 0 fully saturated rings. The Morgan fingerprint density at radius 2 is 1.62 bits per heavy atom. The molecule has 0 spiro atoms. The number of nitrogens with one attached hydrogen (secondary N) is 2. The van der Waals surface area contributed by atoms with E-state index in [-0.39, 0.29) is 23.7 Å². The lowest BCUT2D eigenvalue weighted by atomic mass is 9.52. The van der Waals surface area contributed by atoms with Crippen molar-refractivity contribution in [2.45, 2.75) is 25.2 Å². The minimum atomic E-state index is -0.618. The number of hydrogen-bond donors (Lipinski definition) is 2. The number of carbonyl (C=O) groups excluding carboxylic acids is 2. The Morgan fingerprint density at radius 1 is 0.905 bits per heavy atom. The quantitative estimate of drug-likeness (QED) is 0.227. The number of anilines is 2. The van der Waals surface area contributed by atoms with Crippen molar-refractivity contribution in [1.29, 1.82) is 0 Å². The SMILES string of the molecule is COc1ccc(NC(=O)c2cccc(-c3csc(NC(=O)C4(C)CC5c6ccccc6C4c4ccccc45)n3)c2)cn1. The van der Waals surface area contributed by atoms with Crippen LogP contribution < -0.4 is 15.4 Å². The fourth-order valence-corrected chi connectivity index (χ4v) is 7.21. The zero-order valence-corrected chi connectivity index (χ0v) is 23.9. The van der Waals surface area contributed by atoms with Gasteiger partial charge >= 0.3 is 0 Å². The average molecular weight is 573 g/mol. The monoisotopic (exact) mass is 572 g/mol. The summed E-state index contributed by atoms with van der Waals surface area (Å²) in [4.78, 5) is 35.8. The van der Waals surface area contributed by atoms with Crippen molar-refractivity contribution in [2.24, 2.45) is 5.41 Å². The van der Waals surface area contributed by atoms with Gasteiger partial charge in [0.25, 0.3) is 5.91 Å². The van der Waals surface area contributed by atoms with Crippen LogP contribution in [0.2, 0.25) is 0 Å². The van der Waals surface area contributed by atoms with Crippen molar-refractivity contribution < 1.29 is 14.3 Å². The number of pyridine rings is 1. The molecule has 3 aliphatic carbocycles. The van der Waals surface area contributed by atoms with Crippen LogP contribution in [0.3, 0.4) is 0 Å². The highest BCUT2D eigenvalue weighted by Gasteiger charge is 2.54. The van der Waals surface area contributed by atoms with E-state index in [0.29, 0.717) is 28.0 Å². The molecule has 0 saturated heterocycles. The predicted octanol–water partition coefficient (Wildman–Crippen LogP) is 7.09. The summed E-state index contributed by atoms with van der Waals surface area (Å²) in [6.45, 7) is 2.08. The minimum Gasteiger partial charge on any atom is -0.481 e. The maximum absolute atomic E-state index is 14.0. The van der Waals surface area contributed by atoms with E-state index < -0.39 is 5.41 Å². The highest BCUT2D eigenvalue weighted by molar-refractivity contribution is 7.14. The maximum Gasteiger partial charge on any atom is 0.255 e. The van der Waals surface area contributed by atoms with Gasteiger partial charge in [-0.25, -0.2) is 9.97 Å². The van der Waals surface area contributed by atoms with E-state index in [1.165, 1.54) is 33.6 Å². The third-order valence-electron chi connectivity index (χ3n) is 8.50. The zero-order valence-electron chi connectivity index (χ0n) is 23.1. The molecule has 208 valence electrons. The molecule has 5 aromatic rings. The zero-order chi connectivity index (χ0) is 28.8. The van der Waals surface area contributed by atoms with E-state index >= 15 is 0 Å². The van der Waals surface area contributed by atoms with Crippen LogP contribution in [-0.4, -0.2) is 28.9 Å². The van der Waals surface area contributed by atoms with Gasteiger partial charge in [0.05, 0.1) is 30.1 Å². The highest BCUT2D eigenvalue weighted by atomic mass is 32.1. The molecule has 42 heavy (non-hydrogen) atoms. The number of rotatable bonds is 6. The standard InChI is InChI=1S/C34H28N4O3S/c1-34(17-27-23-10-3-5-12-25(23)30(34)26-13-6-4-11-24(26)27)32(40)38-33-37-28(19-42-33)20-8-7-9-21(16-20)31(39)36-22-14-15-29(41-2)35-18-22/h3-16,18-19,27,30H,17H2,1-2H3,(H,36,39)(H,37,38,40). The van der Waals surface area contributed by atoms with Crippen LogP contribution in [0.5, 0.6) is 5.88 Å². The molecular weight excluding hydrogens is 544 g/mol. The van der Waals surface area contributed by atoms with Crippen LogP contribution in [0.15, 0.2) is 96.5 Å². The second-order valence-electron chi connectivity index (χ2n) is 11.0. The van der Waals surface area contributed by atoms with Crippen LogP contribution in [-0.2, 0) is 4.79 Å². The topological polar surface area (TPSA) is 93.2 Å². The Bertz CT molecular complexity index is 1790. The maximum atomic E-state index is 14.0. The lowest BCUT2D eigenvalue weighted by Gasteiger charge is -2.50. The molecule has 1 unspecified atom stereocenters. The number of ether oxygens (including phenoxy) is 1.